The van der Waals surface area contributed by atoms with Crippen molar-refractivity contribution in [3.8, 4) is 0 Å². The van der Waals surface area contributed by atoms with E-state index in [9.17, 15) is 4.79 Å². The molecule has 1 saturated heterocycles. The second-order valence-electron chi connectivity index (χ2n) is 3.43. The zero-order valence-corrected chi connectivity index (χ0v) is 7.18. The highest BCUT2D eigenvalue weighted by atomic mass is 16.1. The highest BCUT2D eigenvalue weighted by Gasteiger charge is 2.27. The number of likely N-dealkylation sites (tertiary alicyclic amines) is 1. The van der Waals surface area contributed by atoms with E-state index >= 15 is 0 Å². The first-order valence-corrected chi connectivity index (χ1v) is 4.33. The van der Waals surface area contributed by atoms with Crippen molar-refractivity contribution in [3.63, 3.8) is 0 Å². The molecule has 1 fully saturated rings. The van der Waals surface area contributed by atoms with Crippen LogP contribution in [-0.4, -0.2) is 37.8 Å². The molecule has 2 radical (unpaired) electrons. The maximum atomic E-state index is 10.9. The summed E-state index contributed by atoms with van der Waals surface area (Å²) in [6, 6.07) is 0. The molecular formula is C8H15BNO+. The summed E-state index contributed by atoms with van der Waals surface area (Å²) in [5, 5.41) is 0. The van der Waals surface area contributed by atoms with E-state index in [1.165, 1.54) is 0 Å². The number of Topliss-reactive ketones (excluding diaryl/α,β-unsaturated/α-hetero) is 1. The second kappa shape index (κ2) is 3.39. The van der Waals surface area contributed by atoms with Gasteiger partial charge >= 0.3 is 7.98 Å². The third-order valence-electron chi connectivity index (χ3n) is 2.34. The first-order valence-electron chi connectivity index (χ1n) is 4.33. The van der Waals surface area contributed by atoms with Crippen molar-refractivity contribution in [3.05, 3.63) is 0 Å². The summed E-state index contributed by atoms with van der Waals surface area (Å²) in [5.41, 5.74) is 0. The Morgan fingerprint density at radius 3 is 2.45 bits per heavy atom. The van der Waals surface area contributed by atoms with Gasteiger partial charge in [0, 0.05) is 0 Å². The van der Waals surface area contributed by atoms with Crippen molar-refractivity contribution >= 4 is 13.8 Å². The standard InChI is InChI=1S/C8H15BNO/c1-2-5-10(9)6-3-8(11)4-7-10/h2-7H2,1H3/q+1. The summed E-state index contributed by atoms with van der Waals surface area (Å²) >= 11 is 0. The summed E-state index contributed by atoms with van der Waals surface area (Å²) in [6.45, 7) is 4.82. The summed E-state index contributed by atoms with van der Waals surface area (Å²) < 4.78 is 0.613. The van der Waals surface area contributed by atoms with Gasteiger partial charge in [0.05, 0.1) is 32.5 Å². The Hall–Kier alpha value is -0.305. The smallest absolute Gasteiger partial charge is 0.396 e. The molecule has 0 spiro atoms. The lowest BCUT2D eigenvalue weighted by atomic mass is 10.0. The Labute approximate surface area is 69.6 Å². The minimum absolute atomic E-state index is 0.375. The molecule has 1 rings (SSSR count). The van der Waals surface area contributed by atoms with Crippen LogP contribution in [0.3, 0.4) is 0 Å². The van der Waals surface area contributed by atoms with Gasteiger partial charge in [-0.1, -0.05) is 6.92 Å². The fourth-order valence-electron chi connectivity index (χ4n) is 1.60. The van der Waals surface area contributed by atoms with Gasteiger partial charge in [-0.25, -0.2) is 0 Å². The summed E-state index contributed by atoms with van der Waals surface area (Å²) in [7, 11) is 6.02. The maximum Gasteiger partial charge on any atom is 0.481 e. The van der Waals surface area contributed by atoms with Crippen LogP contribution in [0.2, 0.25) is 0 Å². The van der Waals surface area contributed by atoms with Crippen LogP contribution < -0.4 is 0 Å². The molecule has 0 aromatic carbocycles. The van der Waals surface area contributed by atoms with Crippen molar-refractivity contribution in [1.29, 1.82) is 0 Å². The summed E-state index contributed by atoms with van der Waals surface area (Å²) in [4.78, 5) is 10.9. The van der Waals surface area contributed by atoms with Crippen molar-refractivity contribution in [1.82, 2.24) is 0 Å². The van der Waals surface area contributed by atoms with Crippen LogP contribution in [0.25, 0.3) is 0 Å². The quantitative estimate of drug-likeness (QED) is 0.531. The predicted octanol–water partition coefficient (Wildman–Crippen LogP) is 0.660. The van der Waals surface area contributed by atoms with Crippen LogP contribution in [-0.2, 0) is 4.79 Å². The van der Waals surface area contributed by atoms with Gasteiger partial charge in [-0.3, -0.25) is 4.79 Å². The molecule has 0 saturated carbocycles. The molecule has 3 heteroatoms. The lowest BCUT2D eigenvalue weighted by Crippen LogP contribution is -2.51. The van der Waals surface area contributed by atoms with Crippen LogP contribution in [0, 0.1) is 0 Å². The van der Waals surface area contributed by atoms with Crippen molar-refractivity contribution in [2.24, 2.45) is 0 Å². The Bertz CT molecular complexity index is 148. The Morgan fingerprint density at radius 1 is 1.45 bits per heavy atom. The Balaban J connectivity index is 2.41. The van der Waals surface area contributed by atoms with E-state index in [1.807, 2.05) is 0 Å². The SMILES string of the molecule is [B][N+]1(CCC)CCC(=O)CC1. The molecule has 0 atom stereocenters. The van der Waals surface area contributed by atoms with Gasteiger partial charge in [0.1, 0.15) is 5.78 Å². The van der Waals surface area contributed by atoms with Crippen LogP contribution >= 0.6 is 0 Å². The molecule has 0 unspecified atom stereocenters. The van der Waals surface area contributed by atoms with Crippen molar-refractivity contribution < 1.29 is 9.19 Å². The lowest BCUT2D eigenvalue weighted by molar-refractivity contribution is -0.818. The van der Waals surface area contributed by atoms with Gasteiger partial charge in [-0.2, -0.15) is 0 Å². The van der Waals surface area contributed by atoms with Crippen LogP contribution in [0.15, 0.2) is 0 Å². The minimum Gasteiger partial charge on any atom is -0.396 e. The van der Waals surface area contributed by atoms with E-state index < -0.39 is 0 Å². The molecule has 11 heavy (non-hydrogen) atoms. The fourth-order valence-corrected chi connectivity index (χ4v) is 1.60. The van der Waals surface area contributed by atoms with E-state index in [-0.39, 0.29) is 0 Å². The molecule has 60 valence electrons. The highest BCUT2D eigenvalue weighted by Crippen LogP contribution is 2.13. The molecule has 0 aliphatic carbocycles. The van der Waals surface area contributed by atoms with Gasteiger partial charge in [-0.05, 0) is 6.42 Å². The number of hydrogen-bond donors (Lipinski definition) is 0. The van der Waals surface area contributed by atoms with E-state index in [0.717, 1.165) is 26.1 Å². The second-order valence-corrected chi connectivity index (χ2v) is 3.43. The number of nitrogens with zero attached hydrogens (tertiary/aromatic N) is 1. The minimum atomic E-state index is 0.375. The molecule has 0 bridgehead atoms. The zero-order valence-electron chi connectivity index (χ0n) is 7.18. The number of carbonyl (C=O) groups excluding carboxylic acids is 1. The van der Waals surface area contributed by atoms with E-state index in [0.29, 0.717) is 23.0 Å². The average molecular weight is 152 g/mol. The first kappa shape index (κ1) is 8.79. The van der Waals surface area contributed by atoms with Crippen LogP contribution in [0.4, 0.5) is 0 Å². The molecular weight excluding hydrogens is 137 g/mol. The molecule has 0 amide bonds. The first-order chi connectivity index (χ1) is 5.16. The van der Waals surface area contributed by atoms with E-state index in [2.05, 4.69) is 6.92 Å². The van der Waals surface area contributed by atoms with Crippen molar-refractivity contribution in [2.45, 2.75) is 26.2 Å². The van der Waals surface area contributed by atoms with Gasteiger partial charge in [0.25, 0.3) is 0 Å². The summed E-state index contributed by atoms with van der Waals surface area (Å²) in [5.74, 6) is 0.375. The average Bonchev–Trinajstić information content (AvgIpc) is 1.97. The van der Waals surface area contributed by atoms with Gasteiger partial charge in [-0.15, -0.1) is 0 Å². The summed E-state index contributed by atoms with van der Waals surface area (Å²) in [6.07, 6.45) is 2.46. The van der Waals surface area contributed by atoms with E-state index in [1.54, 1.807) is 0 Å². The Morgan fingerprint density at radius 2 is 2.00 bits per heavy atom. The third kappa shape index (κ3) is 2.33. The number of rotatable bonds is 2. The highest BCUT2D eigenvalue weighted by molar-refractivity contribution is 5.98. The number of quaternary nitrogens is 1. The largest absolute Gasteiger partial charge is 0.481 e. The number of piperidine rings is 1. The fraction of sp³-hybridized carbons (Fsp3) is 0.875. The molecule has 0 aromatic heterocycles. The number of hydrogen-bond acceptors (Lipinski definition) is 1. The molecule has 1 aliphatic rings. The van der Waals surface area contributed by atoms with Crippen LogP contribution in [0.5, 0.6) is 0 Å². The predicted molar refractivity (Wildman–Crippen MR) is 45.1 cm³/mol. The Kier molecular flexibility index (Phi) is 2.71. The van der Waals surface area contributed by atoms with Gasteiger partial charge < -0.3 is 4.39 Å². The van der Waals surface area contributed by atoms with Gasteiger partial charge in [0.2, 0.25) is 0 Å². The zero-order chi connectivity index (χ0) is 8.32. The maximum absolute atomic E-state index is 10.9. The molecule has 0 aromatic rings. The van der Waals surface area contributed by atoms with Gasteiger partial charge in [0.15, 0.2) is 0 Å². The molecule has 1 aliphatic heterocycles. The van der Waals surface area contributed by atoms with Crippen molar-refractivity contribution in [2.75, 3.05) is 19.6 Å². The topological polar surface area (TPSA) is 17.1 Å². The molecule has 2 nitrogen and oxygen atoms in total. The molecule has 0 N–H and O–H groups in total. The monoisotopic (exact) mass is 152 g/mol. The lowest BCUT2D eigenvalue weighted by Gasteiger charge is -2.38. The van der Waals surface area contributed by atoms with Crippen LogP contribution in [0.1, 0.15) is 26.2 Å². The number of carbonyl (C=O) groups is 1. The number of ketones is 1. The molecule has 1 heterocycles. The normalized spacial score (nSPS) is 23.5. The third-order valence-corrected chi connectivity index (χ3v) is 2.34. The van der Waals surface area contributed by atoms with E-state index in [4.69, 9.17) is 7.98 Å².